The predicted molar refractivity (Wildman–Crippen MR) is 79.3 cm³/mol. The molecule has 7 heteroatoms. The smallest absolute Gasteiger partial charge is 0.227 e. The second-order valence-corrected chi connectivity index (χ2v) is 5.97. The lowest BCUT2D eigenvalue weighted by molar-refractivity contribution is -0.291. The third-order valence-corrected chi connectivity index (χ3v) is 4.48. The van der Waals surface area contributed by atoms with E-state index in [1.54, 1.807) is 4.90 Å². The lowest BCUT2D eigenvalue weighted by Gasteiger charge is -2.42. The van der Waals surface area contributed by atoms with Crippen LogP contribution < -0.4 is 0 Å². The second-order valence-electron chi connectivity index (χ2n) is 5.97. The highest BCUT2D eigenvalue weighted by molar-refractivity contribution is 5.80. The molecule has 7 nitrogen and oxygen atoms in total. The molecular weight excluding hydrogens is 302 g/mol. The molecule has 1 aromatic rings. The summed E-state index contributed by atoms with van der Waals surface area (Å²) in [7, 11) is 1.34. The van der Waals surface area contributed by atoms with Gasteiger partial charge in [0.2, 0.25) is 5.91 Å². The number of amides is 1. The Balaban J connectivity index is 1.72. The average molecular weight is 323 g/mol. The molecule has 23 heavy (non-hydrogen) atoms. The van der Waals surface area contributed by atoms with Crippen LogP contribution in [0.3, 0.4) is 0 Å². The fraction of sp³-hybridized carbons (Fsp3) is 0.562. The van der Waals surface area contributed by atoms with Gasteiger partial charge in [-0.3, -0.25) is 4.79 Å². The Bertz CT molecular complexity index is 577. The van der Waals surface area contributed by atoms with Crippen molar-refractivity contribution in [2.24, 2.45) is 0 Å². The molecule has 1 aromatic carbocycles. The summed E-state index contributed by atoms with van der Waals surface area (Å²) in [6.45, 7) is 0.551. The minimum atomic E-state index is -1.38. The van der Waals surface area contributed by atoms with Crippen LogP contribution in [-0.2, 0) is 27.2 Å². The highest BCUT2D eigenvalue weighted by Gasteiger charge is 2.45. The van der Waals surface area contributed by atoms with Gasteiger partial charge >= 0.3 is 0 Å². The molecule has 2 aliphatic rings. The molecule has 2 heterocycles. The maximum absolute atomic E-state index is 12.3. The van der Waals surface area contributed by atoms with Crippen molar-refractivity contribution in [1.82, 2.24) is 4.90 Å². The number of aliphatic hydroxyl groups excluding tert-OH is 3. The van der Waals surface area contributed by atoms with E-state index in [0.717, 1.165) is 11.1 Å². The van der Waals surface area contributed by atoms with Crippen LogP contribution in [0.5, 0.6) is 0 Å². The standard InChI is InChI=1S/C16H21NO6/c1-22-16-15(21)14(20)13(19)11(23-16)8-17-7-10-5-3-2-4-9(10)6-12(17)18/h2-5,11,13-16,19-21H,6-8H2,1H3/t11-,13-,14+,15+,16+/m1/s1. The third-order valence-electron chi connectivity index (χ3n) is 4.48. The highest BCUT2D eigenvalue weighted by Crippen LogP contribution is 2.25. The molecule has 1 saturated heterocycles. The van der Waals surface area contributed by atoms with Crippen LogP contribution in [0.25, 0.3) is 0 Å². The predicted octanol–water partition coefficient (Wildman–Crippen LogP) is -0.975. The second kappa shape index (κ2) is 6.54. The first-order chi connectivity index (χ1) is 11.0. The normalized spacial score (nSPS) is 34.3. The summed E-state index contributed by atoms with van der Waals surface area (Å²) in [6, 6.07) is 7.71. The zero-order valence-electron chi connectivity index (χ0n) is 12.8. The van der Waals surface area contributed by atoms with E-state index in [9.17, 15) is 20.1 Å². The SMILES string of the molecule is CO[C@H]1O[C@H](CN2Cc3ccccc3CC2=O)[C@@H](O)[C@H](O)[C@@H]1O. The van der Waals surface area contributed by atoms with E-state index >= 15 is 0 Å². The number of hydrogen-bond donors (Lipinski definition) is 3. The maximum atomic E-state index is 12.3. The summed E-state index contributed by atoms with van der Waals surface area (Å²) in [4.78, 5) is 13.9. The molecule has 0 saturated carbocycles. The van der Waals surface area contributed by atoms with Gasteiger partial charge in [-0.15, -0.1) is 0 Å². The van der Waals surface area contributed by atoms with Crippen molar-refractivity contribution in [2.45, 2.75) is 43.7 Å². The largest absolute Gasteiger partial charge is 0.388 e. The van der Waals surface area contributed by atoms with E-state index in [1.165, 1.54) is 7.11 Å². The van der Waals surface area contributed by atoms with Crippen molar-refractivity contribution >= 4 is 5.91 Å². The Hall–Kier alpha value is -1.51. The molecule has 2 aliphatic heterocycles. The van der Waals surface area contributed by atoms with Gasteiger partial charge in [0.15, 0.2) is 6.29 Å². The van der Waals surface area contributed by atoms with Gasteiger partial charge < -0.3 is 29.7 Å². The summed E-state index contributed by atoms with van der Waals surface area (Å²) in [5.74, 6) is -0.0610. The molecule has 0 aromatic heterocycles. The number of nitrogens with zero attached hydrogens (tertiary/aromatic N) is 1. The van der Waals surface area contributed by atoms with Crippen LogP contribution in [0, 0.1) is 0 Å². The Labute approximate surface area is 134 Å². The van der Waals surface area contributed by atoms with Crippen LogP contribution in [0.2, 0.25) is 0 Å². The fourth-order valence-electron chi connectivity index (χ4n) is 3.10. The number of rotatable bonds is 3. The summed E-state index contributed by atoms with van der Waals surface area (Å²) in [6.07, 6.45) is -5.56. The van der Waals surface area contributed by atoms with E-state index in [1.807, 2.05) is 24.3 Å². The molecule has 0 spiro atoms. The zero-order chi connectivity index (χ0) is 16.6. The first kappa shape index (κ1) is 16.4. The van der Waals surface area contributed by atoms with Gasteiger partial charge in [0.25, 0.3) is 0 Å². The van der Waals surface area contributed by atoms with Gasteiger partial charge in [0, 0.05) is 20.2 Å². The number of methoxy groups -OCH3 is 1. The zero-order valence-corrected chi connectivity index (χ0v) is 12.8. The molecular formula is C16H21NO6. The molecule has 5 atom stereocenters. The lowest BCUT2D eigenvalue weighted by Crippen LogP contribution is -2.61. The molecule has 0 bridgehead atoms. The van der Waals surface area contributed by atoms with Crippen molar-refractivity contribution in [3.8, 4) is 0 Å². The van der Waals surface area contributed by atoms with Gasteiger partial charge in [-0.05, 0) is 11.1 Å². The van der Waals surface area contributed by atoms with Crippen LogP contribution in [0.4, 0.5) is 0 Å². The van der Waals surface area contributed by atoms with E-state index in [4.69, 9.17) is 9.47 Å². The van der Waals surface area contributed by atoms with Gasteiger partial charge in [-0.25, -0.2) is 0 Å². The maximum Gasteiger partial charge on any atom is 0.227 e. The fourth-order valence-corrected chi connectivity index (χ4v) is 3.10. The lowest BCUT2D eigenvalue weighted by atomic mass is 9.96. The minimum Gasteiger partial charge on any atom is -0.388 e. The Morgan fingerprint density at radius 2 is 1.87 bits per heavy atom. The third kappa shape index (κ3) is 3.11. The molecule has 1 amide bonds. The number of carbonyl (C=O) groups is 1. The van der Waals surface area contributed by atoms with Gasteiger partial charge in [-0.1, -0.05) is 24.3 Å². The highest BCUT2D eigenvalue weighted by atomic mass is 16.7. The Morgan fingerprint density at radius 3 is 2.57 bits per heavy atom. The Morgan fingerprint density at radius 1 is 1.17 bits per heavy atom. The molecule has 0 radical (unpaired) electrons. The van der Waals surface area contributed by atoms with Gasteiger partial charge in [0.05, 0.1) is 6.42 Å². The topological polar surface area (TPSA) is 99.5 Å². The Kier molecular flexibility index (Phi) is 4.65. The number of ether oxygens (including phenoxy) is 2. The number of fused-ring (bicyclic) bond motifs is 1. The van der Waals surface area contributed by atoms with Crippen molar-refractivity contribution < 1.29 is 29.6 Å². The number of hydrogen-bond acceptors (Lipinski definition) is 6. The van der Waals surface area contributed by atoms with E-state index in [0.29, 0.717) is 13.0 Å². The summed E-state index contributed by atoms with van der Waals surface area (Å²) >= 11 is 0. The number of carbonyl (C=O) groups excluding carboxylic acids is 1. The minimum absolute atomic E-state index is 0.0610. The summed E-state index contributed by atoms with van der Waals surface area (Å²) < 4.78 is 10.5. The number of benzene rings is 1. The summed E-state index contributed by atoms with van der Waals surface area (Å²) in [5.41, 5.74) is 2.06. The van der Waals surface area contributed by atoms with E-state index < -0.39 is 30.7 Å². The quantitative estimate of drug-likeness (QED) is 0.662. The first-order valence-corrected chi connectivity index (χ1v) is 7.58. The monoisotopic (exact) mass is 323 g/mol. The number of aliphatic hydroxyl groups is 3. The molecule has 1 fully saturated rings. The van der Waals surface area contributed by atoms with Crippen molar-refractivity contribution in [3.63, 3.8) is 0 Å². The average Bonchev–Trinajstić information content (AvgIpc) is 2.56. The van der Waals surface area contributed by atoms with Crippen molar-refractivity contribution in [1.29, 1.82) is 0 Å². The van der Waals surface area contributed by atoms with Gasteiger partial charge in [-0.2, -0.15) is 0 Å². The van der Waals surface area contributed by atoms with Crippen LogP contribution >= 0.6 is 0 Å². The molecule has 3 rings (SSSR count). The van der Waals surface area contributed by atoms with E-state index in [2.05, 4.69) is 0 Å². The van der Waals surface area contributed by atoms with Crippen molar-refractivity contribution in [3.05, 3.63) is 35.4 Å². The molecule has 0 aliphatic carbocycles. The molecule has 126 valence electrons. The van der Waals surface area contributed by atoms with Crippen LogP contribution in [0.1, 0.15) is 11.1 Å². The first-order valence-electron chi connectivity index (χ1n) is 7.58. The van der Waals surface area contributed by atoms with Crippen LogP contribution in [-0.4, -0.2) is 70.5 Å². The van der Waals surface area contributed by atoms with Crippen LogP contribution in [0.15, 0.2) is 24.3 Å². The van der Waals surface area contributed by atoms with Crippen molar-refractivity contribution in [2.75, 3.05) is 13.7 Å². The molecule has 3 N–H and O–H groups in total. The van der Waals surface area contributed by atoms with Gasteiger partial charge in [0.1, 0.15) is 24.4 Å². The molecule has 0 unspecified atom stereocenters. The summed E-state index contributed by atoms with van der Waals surface area (Å²) in [5, 5.41) is 29.8. The van der Waals surface area contributed by atoms with E-state index in [-0.39, 0.29) is 12.5 Å².